The zero-order valence-corrected chi connectivity index (χ0v) is 23.5. The molecule has 0 radical (unpaired) electrons. The van der Waals surface area contributed by atoms with Gasteiger partial charge in [-0.25, -0.2) is 0 Å². The number of nitrogens with one attached hydrogen (secondary N) is 1. The normalized spacial score (nSPS) is 24.3. The predicted octanol–water partition coefficient (Wildman–Crippen LogP) is 3.96. The van der Waals surface area contributed by atoms with Crippen LogP contribution in [0.3, 0.4) is 0 Å². The summed E-state index contributed by atoms with van der Waals surface area (Å²) in [7, 11) is 1.91. The highest BCUT2D eigenvalue weighted by Gasteiger charge is 2.54. The number of benzene rings is 1. The van der Waals surface area contributed by atoms with Crippen LogP contribution in [0.25, 0.3) is 22.0 Å². The van der Waals surface area contributed by atoms with Gasteiger partial charge >= 0.3 is 0 Å². The Morgan fingerprint density at radius 1 is 1.23 bits per heavy atom. The number of aryl methyl sites for hydroxylation is 1. The quantitative estimate of drug-likeness (QED) is 0.499. The summed E-state index contributed by atoms with van der Waals surface area (Å²) in [6, 6.07) is 2.32. The second kappa shape index (κ2) is 8.58. The van der Waals surface area contributed by atoms with Crippen LogP contribution < -0.4 is 4.90 Å². The SMILES string of the molecule is C=CC(=O)N1CC2(CC(n3nc(N4CC[C@@H]5C(=O)N(C)C[C@@H]5C4)c(-c4c(Cl)c(C)cc5[nH]ncc45)c3C)C2)C1. The topological polar surface area (TPSA) is 90.4 Å². The van der Waals surface area contributed by atoms with Gasteiger partial charge in [-0.1, -0.05) is 18.2 Å². The molecule has 1 aliphatic carbocycles. The maximum absolute atomic E-state index is 12.7. The number of hydrogen-bond donors (Lipinski definition) is 1. The highest BCUT2D eigenvalue weighted by Crippen LogP contribution is 2.55. The van der Waals surface area contributed by atoms with Gasteiger partial charge in [0.2, 0.25) is 11.8 Å². The Morgan fingerprint density at radius 2 is 2.00 bits per heavy atom. The molecule has 0 unspecified atom stereocenters. The number of nitrogens with zero attached hydrogens (tertiary/aromatic N) is 6. The number of H-pyrrole nitrogens is 1. The molecule has 10 heteroatoms. The first-order valence-corrected chi connectivity index (χ1v) is 14.2. The molecule has 0 bridgehead atoms. The second-order valence-electron chi connectivity index (χ2n) is 12.2. The molecule has 2 amide bonds. The first kappa shape index (κ1) is 24.7. The van der Waals surface area contributed by atoms with Gasteiger partial charge in [0.25, 0.3) is 0 Å². The largest absolute Gasteiger partial charge is 0.354 e. The molecule has 3 saturated heterocycles. The Balaban J connectivity index is 1.28. The molecule has 1 saturated carbocycles. The van der Waals surface area contributed by atoms with Crippen LogP contribution in [0.1, 0.15) is 36.6 Å². The molecule has 4 fully saturated rings. The van der Waals surface area contributed by atoms with Crippen molar-refractivity contribution < 1.29 is 9.59 Å². The van der Waals surface area contributed by atoms with E-state index in [0.29, 0.717) is 5.92 Å². The van der Waals surface area contributed by atoms with Gasteiger partial charge in [-0.05, 0) is 50.8 Å². The van der Waals surface area contributed by atoms with E-state index in [4.69, 9.17) is 16.7 Å². The third-order valence-corrected chi connectivity index (χ3v) is 10.2. The number of carbonyl (C=O) groups is 2. The van der Waals surface area contributed by atoms with E-state index in [2.05, 4.69) is 33.3 Å². The van der Waals surface area contributed by atoms with Gasteiger partial charge in [0.05, 0.1) is 22.8 Å². The maximum Gasteiger partial charge on any atom is 0.245 e. The summed E-state index contributed by atoms with van der Waals surface area (Å²) in [6.07, 6.45) is 6.09. The van der Waals surface area contributed by atoms with Crippen molar-refractivity contribution in [3.63, 3.8) is 0 Å². The molecular weight excluding hydrogens is 514 g/mol. The molecule has 1 N–H and O–H groups in total. The predicted molar refractivity (Wildman–Crippen MR) is 151 cm³/mol. The minimum atomic E-state index is 0.0153. The van der Waals surface area contributed by atoms with E-state index in [1.165, 1.54) is 6.08 Å². The van der Waals surface area contributed by atoms with Crippen molar-refractivity contribution in [2.75, 3.05) is 44.7 Å². The van der Waals surface area contributed by atoms with Crippen molar-refractivity contribution in [2.45, 2.75) is 39.2 Å². The molecule has 4 aliphatic rings. The fourth-order valence-electron chi connectivity index (χ4n) is 7.70. The van der Waals surface area contributed by atoms with Crippen LogP contribution in [0.4, 0.5) is 5.82 Å². The average molecular weight is 548 g/mol. The fourth-order valence-corrected chi connectivity index (χ4v) is 7.95. The molecule has 2 aromatic heterocycles. The van der Waals surface area contributed by atoms with Crippen molar-refractivity contribution in [2.24, 2.45) is 17.3 Å². The number of aromatic nitrogens is 4. The van der Waals surface area contributed by atoms with Gasteiger partial charge in [0.1, 0.15) is 0 Å². The third-order valence-electron chi connectivity index (χ3n) is 9.70. The number of halogens is 1. The summed E-state index contributed by atoms with van der Waals surface area (Å²) in [4.78, 5) is 30.8. The molecule has 7 rings (SSSR count). The van der Waals surface area contributed by atoms with Gasteiger partial charge in [-0.15, -0.1) is 0 Å². The zero-order chi connectivity index (χ0) is 27.2. The Labute approximate surface area is 232 Å². The molecule has 5 heterocycles. The Morgan fingerprint density at radius 3 is 2.74 bits per heavy atom. The van der Waals surface area contributed by atoms with E-state index in [9.17, 15) is 9.59 Å². The number of amides is 2. The van der Waals surface area contributed by atoms with E-state index >= 15 is 0 Å². The number of hydrogen-bond acceptors (Lipinski definition) is 5. The van der Waals surface area contributed by atoms with Crippen LogP contribution in [0.5, 0.6) is 0 Å². The molecule has 1 aromatic carbocycles. The van der Waals surface area contributed by atoms with Crippen LogP contribution in [-0.2, 0) is 9.59 Å². The van der Waals surface area contributed by atoms with Crippen LogP contribution >= 0.6 is 11.6 Å². The minimum absolute atomic E-state index is 0.0153. The smallest absolute Gasteiger partial charge is 0.245 e. The lowest BCUT2D eigenvalue weighted by atomic mass is 9.60. The molecule has 39 heavy (non-hydrogen) atoms. The van der Waals surface area contributed by atoms with Crippen LogP contribution in [-0.4, -0.2) is 81.4 Å². The minimum Gasteiger partial charge on any atom is -0.354 e. The Kier molecular flexibility index (Phi) is 5.43. The van der Waals surface area contributed by atoms with Crippen molar-refractivity contribution in [3.8, 4) is 11.1 Å². The molecule has 3 aromatic rings. The number of likely N-dealkylation sites (tertiary alicyclic amines) is 2. The van der Waals surface area contributed by atoms with E-state index in [-0.39, 0.29) is 29.2 Å². The van der Waals surface area contributed by atoms with Crippen molar-refractivity contribution in [1.82, 2.24) is 29.8 Å². The number of fused-ring (bicyclic) bond motifs is 2. The molecular formula is C29H34ClN7O2. The monoisotopic (exact) mass is 547 g/mol. The highest BCUT2D eigenvalue weighted by atomic mass is 35.5. The summed E-state index contributed by atoms with van der Waals surface area (Å²) >= 11 is 7.05. The number of rotatable bonds is 4. The van der Waals surface area contributed by atoms with Crippen molar-refractivity contribution in [3.05, 3.63) is 41.2 Å². The fraction of sp³-hybridized carbons (Fsp3) is 0.517. The number of anilines is 1. The van der Waals surface area contributed by atoms with E-state index < -0.39 is 0 Å². The number of piperidine rings is 1. The summed E-state index contributed by atoms with van der Waals surface area (Å²) < 4.78 is 2.20. The van der Waals surface area contributed by atoms with Crippen LogP contribution in [0.2, 0.25) is 5.02 Å². The number of carbonyl (C=O) groups excluding carboxylic acids is 2. The van der Waals surface area contributed by atoms with Crippen LogP contribution in [0, 0.1) is 31.1 Å². The molecule has 2 atom stereocenters. The first-order valence-electron chi connectivity index (χ1n) is 13.8. The standard InChI is InChI=1S/C29H34ClN7O2/c1-5-23(38)36-14-29(15-36)9-19(10-29)37-17(3)24(25-21-11-31-32-22(21)8-16(2)26(25)30)27(33-37)35-7-6-20-18(13-35)12-34(4)28(20)39/h5,8,11,18-20H,1,6-7,9-10,12-15H2,2-4H3,(H,31,32)/t18-,20+/m1/s1. The van der Waals surface area contributed by atoms with Gasteiger partial charge in [0, 0.05) is 79.2 Å². The molecule has 3 aliphatic heterocycles. The van der Waals surface area contributed by atoms with Crippen LogP contribution in [0.15, 0.2) is 24.9 Å². The zero-order valence-electron chi connectivity index (χ0n) is 22.7. The van der Waals surface area contributed by atoms with E-state index in [1.807, 2.05) is 36.0 Å². The maximum atomic E-state index is 12.7. The third kappa shape index (κ3) is 3.58. The summed E-state index contributed by atoms with van der Waals surface area (Å²) in [6.45, 7) is 11.8. The molecule has 1 spiro atoms. The lowest BCUT2D eigenvalue weighted by Gasteiger charge is -2.58. The summed E-state index contributed by atoms with van der Waals surface area (Å²) in [5, 5.41) is 14.5. The molecule has 204 valence electrons. The average Bonchev–Trinajstić information content (AvgIpc) is 3.54. The Hall–Kier alpha value is -3.33. The van der Waals surface area contributed by atoms with Gasteiger partial charge in [-0.3, -0.25) is 19.4 Å². The lowest BCUT2D eigenvalue weighted by Crippen LogP contribution is -2.63. The summed E-state index contributed by atoms with van der Waals surface area (Å²) in [5.41, 5.74) is 5.27. The lowest BCUT2D eigenvalue weighted by molar-refractivity contribution is -0.149. The second-order valence-corrected chi connectivity index (χ2v) is 12.6. The van der Waals surface area contributed by atoms with Gasteiger partial charge in [0.15, 0.2) is 5.82 Å². The molecule has 9 nitrogen and oxygen atoms in total. The van der Waals surface area contributed by atoms with Crippen molar-refractivity contribution >= 4 is 40.1 Å². The Bertz CT molecular complexity index is 1530. The number of aromatic amines is 1. The van der Waals surface area contributed by atoms with Gasteiger partial charge < -0.3 is 14.7 Å². The first-order chi connectivity index (χ1) is 18.7. The van der Waals surface area contributed by atoms with E-state index in [1.54, 1.807) is 0 Å². The summed E-state index contributed by atoms with van der Waals surface area (Å²) in [5.74, 6) is 1.63. The van der Waals surface area contributed by atoms with Gasteiger partial charge in [-0.2, -0.15) is 10.2 Å². The highest BCUT2D eigenvalue weighted by molar-refractivity contribution is 6.36. The van der Waals surface area contributed by atoms with Crippen molar-refractivity contribution in [1.29, 1.82) is 0 Å². The van der Waals surface area contributed by atoms with E-state index in [0.717, 1.165) is 96.1 Å².